The van der Waals surface area contributed by atoms with E-state index in [1.165, 1.54) is 244 Å². The zero-order chi connectivity index (χ0) is 43.5. The molecule has 9 heteroatoms. The van der Waals surface area contributed by atoms with Gasteiger partial charge in [-0.25, -0.2) is 9.13 Å². The van der Waals surface area contributed by atoms with Gasteiger partial charge >= 0.3 is 0 Å². The third-order valence-electron chi connectivity index (χ3n) is 11.6. The normalized spacial score (nSPS) is 13.5. The molecule has 4 heterocycles. The van der Waals surface area contributed by atoms with Gasteiger partial charge in [-0.1, -0.05) is 180 Å². The molecule has 346 valence electrons. The van der Waals surface area contributed by atoms with Crippen LogP contribution in [0.1, 0.15) is 219 Å². The maximum absolute atomic E-state index is 8.52. The van der Waals surface area contributed by atoms with E-state index in [4.69, 9.17) is 17.5 Å². The van der Waals surface area contributed by atoms with Crippen LogP contribution in [0.3, 0.4) is 0 Å². The molecule has 1 saturated heterocycles. The molecule has 8 nitrogen and oxygen atoms in total. The third-order valence-corrected chi connectivity index (χ3v) is 11.6. The molecule has 0 bridgehead atoms. The van der Waals surface area contributed by atoms with Gasteiger partial charge in [0.1, 0.15) is 13.1 Å². The van der Waals surface area contributed by atoms with Crippen molar-refractivity contribution in [2.75, 3.05) is 19.6 Å². The molecule has 0 unspecified atom stereocenters. The van der Waals surface area contributed by atoms with Gasteiger partial charge in [-0.05, 0) is 44.6 Å². The third kappa shape index (κ3) is 39.6. The lowest BCUT2D eigenvalue weighted by Gasteiger charge is -2.28. The van der Waals surface area contributed by atoms with E-state index in [0.717, 1.165) is 0 Å². The molecule has 0 spiro atoms. The Morgan fingerprint density at radius 1 is 0.483 bits per heavy atom. The standard InChI is InChI=1S/2C21H38N.C9H16N2.H2O4S/c2*1-2-3-4-5-6-7-8-9-10-11-12-13-14-16-19-22-20-17-15-18-21-22;1-3-7-11-8-4-2-6-10-9(11)5-1;1-5(2,3)4/h2*15,17-18,20-21H,2-14,16,19H2,1H3;5,10H,1-4,6-8H2;(H2,1,2,3,4)/q2*+1;;/p-2. The molecule has 2 aromatic rings. The Morgan fingerprint density at radius 2 is 0.800 bits per heavy atom. The van der Waals surface area contributed by atoms with E-state index in [0.29, 0.717) is 0 Å². The predicted molar refractivity (Wildman–Crippen MR) is 250 cm³/mol. The van der Waals surface area contributed by atoms with Crippen molar-refractivity contribution in [2.45, 2.75) is 232 Å². The first-order chi connectivity index (χ1) is 29.3. The van der Waals surface area contributed by atoms with Gasteiger partial charge in [-0.2, -0.15) is 0 Å². The van der Waals surface area contributed by atoms with Crippen molar-refractivity contribution in [3.8, 4) is 0 Å². The van der Waals surface area contributed by atoms with Gasteiger partial charge in [0.05, 0.1) is 5.82 Å². The summed E-state index contributed by atoms with van der Waals surface area (Å²) in [5.74, 6) is 1.40. The summed E-state index contributed by atoms with van der Waals surface area (Å²) in [4.78, 5) is 2.48. The first-order valence-corrected chi connectivity index (χ1v) is 26.4. The number of hydrogen-bond acceptors (Lipinski definition) is 6. The Labute approximate surface area is 371 Å². The van der Waals surface area contributed by atoms with Crippen molar-refractivity contribution in [1.29, 1.82) is 0 Å². The maximum Gasteiger partial charge on any atom is 0.168 e. The summed E-state index contributed by atoms with van der Waals surface area (Å²) in [7, 11) is -5.17. The Bertz CT molecular complexity index is 1240. The number of rotatable bonds is 30. The van der Waals surface area contributed by atoms with Gasteiger partial charge in [-0.3, -0.25) is 8.42 Å². The van der Waals surface area contributed by atoms with Gasteiger partial charge in [-0.15, -0.1) is 0 Å². The topological polar surface area (TPSA) is 103 Å². The van der Waals surface area contributed by atoms with Gasteiger partial charge in [0.15, 0.2) is 24.8 Å². The number of hydrogen-bond donors (Lipinski definition) is 1. The molecule has 2 aliphatic rings. The average Bonchev–Trinajstić information content (AvgIpc) is 3.50. The van der Waals surface area contributed by atoms with Crippen molar-refractivity contribution < 1.29 is 26.7 Å². The molecule has 2 aliphatic heterocycles. The lowest BCUT2D eigenvalue weighted by molar-refractivity contribution is -0.697. The number of pyridine rings is 2. The van der Waals surface area contributed by atoms with Gasteiger partial charge in [0.2, 0.25) is 0 Å². The van der Waals surface area contributed by atoms with Crippen molar-refractivity contribution in [2.24, 2.45) is 0 Å². The van der Waals surface area contributed by atoms with E-state index in [1.807, 2.05) is 0 Å². The minimum atomic E-state index is -5.17. The Hall–Kier alpha value is -2.49. The molecule has 0 aromatic carbocycles. The van der Waals surface area contributed by atoms with E-state index in [1.54, 1.807) is 0 Å². The number of nitrogens with zero attached hydrogens (tertiary/aromatic N) is 3. The smallest absolute Gasteiger partial charge is 0.168 e. The molecule has 1 N–H and O–H groups in total. The molecule has 0 aliphatic carbocycles. The second-order valence-electron chi connectivity index (χ2n) is 17.2. The Morgan fingerprint density at radius 3 is 1.15 bits per heavy atom. The summed E-state index contributed by atoms with van der Waals surface area (Å²) in [6, 6.07) is 12.6. The van der Waals surface area contributed by atoms with Gasteiger partial charge < -0.3 is 19.3 Å². The van der Waals surface area contributed by atoms with Crippen LogP contribution in [0.5, 0.6) is 0 Å². The highest BCUT2D eigenvalue weighted by molar-refractivity contribution is 7.79. The van der Waals surface area contributed by atoms with Crippen molar-refractivity contribution in [1.82, 2.24) is 10.2 Å². The van der Waals surface area contributed by atoms with Crippen molar-refractivity contribution >= 4 is 10.4 Å². The van der Waals surface area contributed by atoms with Crippen LogP contribution >= 0.6 is 0 Å². The largest absolute Gasteiger partial charge is 0.759 e. The fraction of sp³-hybridized carbons (Fsp3) is 0.765. The Balaban J connectivity index is 0.000000443. The SMILES string of the molecule is C1=C2NCCCCN2CCC1.CCCCCCCCCCCCCCCC[n+]1ccccc1.CCCCCCCCCCCCCCCC[n+]1ccccc1.O=S(=O)([O-])[O-]. The van der Waals surface area contributed by atoms with Crippen LogP contribution in [0.25, 0.3) is 0 Å². The summed E-state index contributed by atoms with van der Waals surface area (Å²) < 4.78 is 38.7. The zero-order valence-electron chi connectivity index (χ0n) is 38.9. The fourth-order valence-corrected chi connectivity index (χ4v) is 7.98. The van der Waals surface area contributed by atoms with Gasteiger partial charge in [0.25, 0.3) is 0 Å². The second-order valence-corrected chi connectivity index (χ2v) is 18.0. The Kier molecular flexibility index (Phi) is 38.7. The number of aryl methyl sites for hydroxylation is 2. The highest BCUT2D eigenvalue weighted by atomic mass is 32.3. The zero-order valence-corrected chi connectivity index (χ0v) is 39.7. The minimum absolute atomic E-state index is 1.17. The molecule has 1 fully saturated rings. The lowest BCUT2D eigenvalue weighted by atomic mass is 10.0. The first-order valence-electron chi connectivity index (χ1n) is 25.1. The molecule has 0 radical (unpaired) electrons. The number of nitrogens with one attached hydrogen (secondary N) is 1. The molecule has 0 amide bonds. The van der Waals surface area contributed by atoms with Crippen LogP contribution in [0.2, 0.25) is 0 Å². The van der Waals surface area contributed by atoms with Crippen LogP contribution in [0.4, 0.5) is 0 Å². The quantitative estimate of drug-likeness (QED) is 0.0363. The van der Waals surface area contributed by atoms with E-state index in [2.05, 4.69) is 100 Å². The fourth-order valence-electron chi connectivity index (χ4n) is 7.98. The summed E-state index contributed by atoms with van der Waals surface area (Å²) in [6.45, 7) is 10.6. The highest BCUT2D eigenvalue weighted by Gasteiger charge is 2.14. The highest BCUT2D eigenvalue weighted by Crippen LogP contribution is 2.16. The molecule has 2 aromatic heterocycles. The molecular weight excluding hydrogens is 765 g/mol. The van der Waals surface area contributed by atoms with Crippen LogP contribution in [0, 0.1) is 0 Å². The van der Waals surface area contributed by atoms with E-state index < -0.39 is 10.4 Å². The summed E-state index contributed by atoms with van der Waals surface area (Å²) in [6.07, 6.45) is 56.5. The number of unbranched alkanes of at least 4 members (excludes halogenated alkanes) is 26. The van der Waals surface area contributed by atoms with Crippen LogP contribution in [0.15, 0.2) is 73.1 Å². The van der Waals surface area contributed by atoms with Crippen LogP contribution < -0.4 is 14.5 Å². The summed E-state index contributed by atoms with van der Waals surface area (Å²) in [5.41, 5.74) is 0. The number of allylic oxidation sites excluding steroid dienone is 1. The second kappa shape index (κ2) is 41.8. The van der Waals surface area contributed by atoms with E-state index in [9.17, 15) is 0 Å². The van der Waals surface area contributed by atoms with Crippen LogP contribution in [-0.2, 0) is 23.5 Å². The lowest BCUT2D eigenvalue weighted by Crippen LogP contribution is -2.33. The van der Waals surface area contributed by atoms with E-state index in [-0.39, 0.29) is 0 Å². The molecule has 0 atom stereocenters. The molecular formula is C51H92N4O4S. The van der Waals surface area contributed by atoms with E-state index >= 15 is 0 Å². The summed E-state index contributed by atoms with van der Waals surface area (Å²) >= 11 is 0. The monoisotopic (exact) mass is 857 g/mol. The summed E-state index contributed by atoms with van der Waals surface area (Å²) in [5, 5.41) is 3.47. The maximum atomic E-state index is 8.52. The predicted octanol–water partition coefficient (Wildman–Crippen LogP) is 12.9. The minimum Gasteiger partial charge on any atom is -0.759 e. The van der Waals surface area contributed by atoms with Crippen molar-refractivity contribution in [3.05, 3.63) is 73.1 Å². The van der Waals surface area contributed by atoms with Crippen molar-refractivity contribution in [3.63, 3.8) is 0 Å². The van der Waals surface area contributed by atoms with Crippen LogP contribution in [-0.4, -0.2) is 42.1 Å². The molecule has 0 saturated carbocycles. The average molecular weight is 857 g/mol. The number of fused-ring (bicyclic) bond motifs is 1. The van der Waals surface area contributed by atoms with Gasteiger partial charge in [0, 0.05) is 67.1 Å². The first kappa shape index (κ1) is 55.5. The molecule has 60 heavy (non-hydrogen) atoms. The number of aromatic nitrogens is 2. The molecule has 4 rings (SSSR count).